The van der Waals surface area contributed by atoms with Gasteiger partial charge in [0, 0.05) is 0 Å². The lowest BCUT2D eigenvalue weighted by atomic mass is 10.0. The number of hydrogen-bond acceptors (Lipinski definition) is 4. The highest BCUT2D eigenvalue weighted by molar-refractivity contribution is 5.83. The fourth-order valence-electron chi connectivity index (χ4n) is 2.81. The van der Waals surface area contributed by atoms with Crippen molar-refractivity contribution >= 4 is 22.7 Å². The summed E-state index contributed by atoms with van der Waals surface area (Å²) in [6.45, 7) is 6.34. The normalized spacial score (nSPS) is 12.2. The van der Waals surface area contributed by atoms with Gasteiger partial charge in [0.15, 0.2) is 0 Å². The van der Waals surface area contributed by atoms with Crippen LogP contribution >= 0.6 is 0 Å². The Balaban J connectivity index is 1.76. The molecular formula is C22H28O4. The predicted octanol–water partition coefficient (Wildman–Crippen LogP) is 5.03. The number of benzene rings is 2. The summed E-state index contributed by atoms with van der Waals surface area (Å²) in [5.41, 5.74) is 0.933. The molecule has 0 N–H and O–H groups in total. The highest BCUT2D eigenvalue weighted by atomic mass is 16.5. The first-order valence-electron chi connectivity index (χ1n) is 9.32. The van der Waals surface area contributed by atoms with Gasteiger partial charge < -0.3 is 9.47 Å². The number of esters is 2. The van der Waals surface area contributed by atoms with E-state index in [4.69, 9.17) is 9.47 Å². The Morgan fingerprint density at radius 1 is 0.962 bits per heavy atom. The van der Waals surface area contributed by atoms with Crippen LogP contribution in [0.2, 0.25) is 0 Å². The van der Waals surface area contributed by atoms with Crippen molar-refractivity contribution < 1.29 is 19.1 Å². The molecule has 0 aromatic heterocycles. The van der Waals surface area contributed by atoms with Crippen molar-refractivity contribution in [2.75, 3.05) is 0 Å². The van der Waals surface area contributed by atoms with Crippen LogP contribution in [0.15, 0.2) is 42.5 Å². The maximum atomic E-state index is 11.9. The molecule has 1 atom stereocenters. The maximum absolute atomic E-state index is 11.9. The lowest BCUT2D eigenvalue weighted by Gasteiger charge is -2.20. The van der Waals surface area contributed by atoms with Gasteiger partial charge in [-0.1, -0.05) is 63.6 Å². The largest absolute Gasteiger partial charge is 0.462 e. The summed E-state index contributed by atoms with van der Waals surface area (Å²) < 4.78 is 10.7. The third-order valence-corrected chi connectivity index (χ3v) is 4.35. The molecule has 0 heterocycles. The van der Waals surface area contributed by atoms with Crippen LogP contribution in [0, 0.1) is 5.92 Å². The van der Waals surface area contributed by atoms with Crippen LogP contribution in [0.1, 0.15) is 52.0 Å². The Bertz CT molecular complexity index is 736. The van der Waals surface area contributed by atoms with E-state index in [1.54, 1.807) is 0 Å². The highest BCUT2D eigenvalue weighted by Crippen LogP contribution is 2.17. The van der Waals surface area contributed by atoms with Crippen LogP contribution in [0.5, 0.6) is 0 Å². The summed E-state index contributed by atoms with van der Waals surface area (Å²) in [5.74, 6) is -0.440. The predicted molar refractivity (Wildman–Crippen MR) is 103 cm³/mol. The van der Waals surface area contributed by atoms with Gasteiger partial charge in [-0.3, -0.25) is 9.59 Å². The number of rotatable bonds is 9. The number of carbonyl (C=O) groups excluding carboxylic acids is 2. The monoisotopic (exact) mass is 356 g/mol. The van der Waals surface area contributed by atoms with Crippen molar-refractivity contribution in [3.8, 4) is 0 Å². The molecule has 0 saturated heterocycles. The molecule has 2 aromatic rings. The first-order valence-corrected chi connectivity index (χ1v) is 9.32. The molecule has 140 valence electrons. The highest BCUT2D eigenvalue weighted by Gasteiger charge is 2.18. The summed E-state index contributed by atoms with van der Waals surface area (Å²) in [6, 6.07) is 14.0. The molecule has 2 aromatic carbocycles. The van der Waals surface area contributed by atoms with Crippen molar-refractivity contribution in [3.05, 3.63) is 48.0 Å². The van der Waals surface area contributed by atoms with Crippen molar-refractivity contribution in [1.82, 2.24) is 0 Å². The smallest absolute Gasteiger partial charge is 0.306 e. The summed E-state index contributed by atoms with van der Waals surface area (Å²) in [7, 11) is 0. The molecule has 0 amide bonds. The minimum absolute atomic E-state index is 0.0450. The molecule has 1 unspecified atom stereocenters. The van der Waals surface area contributed by atoms with Gasteiger partial charge in [-0.15, -0.1) is 0 Å². The first-order chi connectivity index (χ1) is 12.5. The average molecular weight is 356 g/mol. The molecule has 0 aliphatic rings. The molecule has 4 heteroatoms. The molecule has 26 heavy (non-hydrogen) atoms. The molecule has 0 aliphatic heterocycles. The number of hydrogen-bond donors (Lipinski definition) is 0. The Morgan fingerprint density at radius 3 is 2.35 bits per heavy atom. The molecule has 0 bridgehead atoms. The van der Waals surface area contributed by atoms with E-state index in [0.29, 0.717) is 0 Å². The third kappa shape index (κ3) is 6.17. The third-order valence-electron chi connectivity index (χ3n) is 4.35. The van der Waals surface area contributed by atoms with E-state index in [1.807, 2.05) is 56.3 Å². The second-order valence-corrected chi connectivity index (χ2v) is 6.90. The maximum Gasteiger partial charge on any atom is 0.306 e. The first kappa shape index (κ1) is 20.0. The van der Waals surface area contributed by atoms with Crippen molar-refractivity contribution in [3.63, 3.8) is 0 Å². The van der Waals surface area contributed by atoms with Crippen molar-refractivity contribution in [2.45, 2.75) is 59.2 Å². The quantitative estimate of drug-likeness (QED) is 0.591. The molecule has 2 rings (SSSR count). The summed E-state index contributed by atoms with van der Waals surface area (Å²) in [5, 5.41) is 2.26. The van der Waals surface area contributed by atoms with Gasteiger partial charge in [0.1, 0.15) is 12.7 Å². The van der Waals surface area contributed by atoms with E-state index in [0.717, 1.165) is 29.2 Å². The summed E-state index contributed by atoms with van der Waals surface area (Å²) in [6.07, 6.45) is 1.83. The number of fused-ring (bicyclic) bond motifs is 1. The van der Waals surface area contributed by atoms with E-state index in [9.17, 15) is 9.59 Å². The number of carbonyl (C=O) groups is 2. The second kappa shape index (κ2) is 9.95. The van der Waals surface area contributed by atoms with E-state index < -0.39 is 0 Å². The zero-order valence-electron chi connectivity index (χ0n) is 15.9. The fourth-order valence-corrected chi connectivity index (χ4v) is 2.81. The minimum Gasteiger partial charge on any atom is -0.462 e. The number of ether oxygens (including phenoxy) is 2. The molecular weight excluding hydrogens is 328 g/mol. The van der Waals surface area contributed by atoms with Crippen LogP contribution in [-0.4, -0.2) is 18.0 Å². The SMILES string of the molecule is CCCC(OC(=O)CCC(=O)OCc1ccc2ccccc2c1)C(C)C. The Morgan fingerprint density at radius 2 is 1.65 bits per heavy atom. The van der Waals surface area contributed by atoms with E-state index in [1.165, 1.54) is 0 Å². The van der Waals surface area contributed by atoms with Gasteiger partial charge in [-0.05, 0) is 34.7 Å². The fraction of sp³-hybridized carbons (Fsp3) is 0.455. The molecule has 0 radical (unpaired) electrons. The van der Waals surface area contributed by atoms with E-state index in [-0.39, 0.29) is 43.4 Å². The van der Waals surface area contributed by atoms with Gasteiger partial charge >= 0.3 is 11.9 Å². The average Bonchev–Trinajstić information content (AvgIpc) is 2.64. The molecule has 0 fully saturated rings. The van der Waals surface area contributed by atoms with Crippen molar-refractivity contribution in [1.29, 1.82) is 0 Å². The Kier molecular flexibility index (Phi) is 7.64. The molecule has 0 aliphatic carbocycles. The Hall–Kier alpha value is -2.36. The van der Waals surface area contributed by atoms with Crippen molar-refractivity contribution in [2.24, 2.45) is 5.92 Å². The van der Waals surface area contributed by atoms with Crippen LogP contribution in [0.3, 0.4) is 0 Å². The van der Waals surface area contributed by atoms with E-state index in [2.05, 4.69) is 6.92 Å². The standard InChI is InChI=1S/C22H28O4/c1-4-7-20(16(2)3)26-22(24)13-12-21(23)25-15-17-10-11-18-8-5-6-9-19(18)14-17/h5-6,8-11,14,16,20H,4,7,12-13,15H2,1-3H3. The van der Waals surface area contributed by atoms with Gasteiger partial charge in [-0.2, -0.15) is 0 Å². The van der Waals surface area contributed by atoms with Crippen LogP contribution in [-0.2, 0) is 25.7 Å². The van der Waals surface area contributed by atoms with E-state index >= 15 is 0 Å². The minimum atomic E-state index is -0.383. The second-order valence-electron chi connectivity index (χ2n) is 6.90. The van der Waals surface area contributed by atoms with Crippen LogP contribution < -0.4 is 0 Å². The topological polar surface area (TPSA) is 52.6 Å². The molecule has 4 nitrogen and oxygen atoms in total. The Labute approximate surface area is 155 Å². The molecule has 0 spiro atoms. The lowest BCUT2D eigenvalue weighted by molar-refractivity contribution is -0.156. The van der Waals surface area contributed by atoms with Gasteiger partial charge in [-0.25, -0.2) is 0 Å². The zero-order chi connectivity index (χ0) is 18.9. The van der Waals surface area contributed by atoms with Gasteiger partial charge in [0.05, 0.1) is 12.8 Å². The van der Waals surface area contributed by atoms with Gasteiger partial charge in [0.25, 0.3) is 0 Å². The van der Waals surface area contributed by atoms with Crippen LogP contribution in [0.4, 0.5) is 0 Å². The summed E-state index contributed by atoms with van der Waals surface area (Å²) in [4.78, 5) is 23.8. The van der Waals surface area contributed by atoms with Crippen LogP contribution in [0.25, 0.3) is 10.8 Å². The lowest BCUT2D eigenvalue weighted by Crippen LogP contribution is -2.24. The van der Waals surface area contributed by atoms with Gasteiger partial charge in [0.2, 0.25) is 0 Å². The molecule has 0 saturated carbocycles. The summed E-state index contributed by atoms with van der Waals surface area (Å²) >= 11 is 0. The zero-order valence-corrected chi connectivity index (χ0v) is 15.9.